The average Bonchev–Trinajstić information content (AvgIpc) is 2.46. The number of rotatable bonds is 4. The van der Waals surface area contributed by atoms with E-state index in [-0.39, 0.29) is 12.1 Å². The van der Waals surface area contributed by atoms with Crippen LogP contribution in [0.15, 0.2) is 0 Å². The minimum atomic E-state index is -0.314. The smallest absolute Gasteiger partial charge is 0.232 e. The summed E-state index contributed by atoms with van der Waals surface area (Å²) in [5, 5.41) is 13.1. The van der Waals surface area contributed by atoms with Gasteiger partial charge in [-0.1, -0.05) is 12.8 Å². The van der Waals surface area contributed by atoms with Gasteiger partial charge >= 0.3 is 0 Å². The Morgan fingerprint density at radius 2 is 1.70 bits per heavy atom. The molecule has 2 atom stereocenters. The average molecular weight is 280 g/mol. The van der Waals surface area contributed by atoms with Crippen LogP contribution < -0.4 is 15.1 Å². The van der Waals surface area contributed by atoms with Crippen LogP contribution in [-0.4, -0.2) is 60.4 Å². The summed E-state index contributed by atoms with van der Waals surface area (Å²) < 4.78 is 0. The topological polar surface area (TPSA) is 77.4 Å². The normalized spacial score (nSPS) is 22.4. The summed E-state index contributed by atoms with van der Waals surface area (Å²) in [6.45, 7) is 0. The Balaban J connectivity index is 2.28. The summed E-state index contributed by atoms with van der Waals surface area (Å²) in [5.41, 5.74) is 0. The highest BCUT2D eigenvalue weighted by molar-refractivity contribution is 5.44. The van der Waals surface area contributed by atoms with Gasteiger partial charge in [0.1, 0.15) is 0 Å². The monoisotopic (exact) mass is 280 g/mol. The molecule has 20 heavy (non-hydrogen) atoms. The molecule has 2 N–H and O–H groups in total. The van der Waals surface area contributed by atoms with Crippen LogP contribution in [0.25, 0.3) is 0 Å². The van der Waals surface area contributed by atoms with E-state index in [9.17, 15) is 5.11 Å². The molecule has 2 unspecified atom stereocenters. The molecular weight excluding hydrogens is 256 g/mol. The minimum absolute atomic E-state index is 0.0749. The summed E-state index contributed by atoms with van der Waals surface area (Å²) in [7, 11) is 7.52. The van der Waals surface area contributed by atoms with E-state index in [1.807, 2.05) is 30.9 Å². The molecule has 1 aromatic heterocycles. The lowest BCUT2D eigenvalue weighted by molar-refractivity contribution is 0.105. The zero-order valence-electron chi connectivity index (χ0n) is 12.7. The molecule has 1 aromatic rings. The summed E-state index contributed by atoms with van der Waals surface area (Å²) in [5.74, 6) is 1.74. The van der Waals surface area contributed by atoms with E-state index < -0.39 is 0 Å². The van der Waals surface area contributed by atoms with Crippen LogP contribution in [0, 0.1) is 0 Å². The predicted octanol–water partition coefficient (Wildman–Crippen LogP) is 0.719. The second kappa shape index (κ2) is 6.21. The highest BCUT2D eigenvalue weighted by atomic mass is 16.3. The Morgan fingerprint density at radius 1 is 1.05 bits per heavy atom. The molecule has 0 aliphatic heterocycles. The van der Waals surface area contributed by atoms with Gasteiger partial charge in [0, 0.05) is 28.2 Å². The minimum Gasteiger partial charge on any atom is -0.391 e. The van der Waals surface area contributed by atoms with Gasteiger partial charge in [0.15, 0.2) is 0 Å². The van der Waals surface area contributed by atoms with Crippen molar-refractivity contribution in [3.05, 3.63) is 0 Å². The maximum absolute atomic E-state index is 10.2. The second-order valence-corrected chi connectivity index (χ2v) is 5.43. The molecule has 112 valence electrons. The molecule has 2 rings (SSSR count). The molecule has 7 heteroatoms. The SMILES string of the molecule is CNc1nc(N(C)C)nc(N(C)C2CCCCC2O)n1. The third-order valence-electron chi connectivity index (χ3n) is 3.74. The van der Waals surface area contributed by atoms with Gasteiger partial charge in [0.2, 0.25) is 17.8 Å². The van der Waals surface area contributed by atoms with Gasteiger partial charge in [-0.15, -0.1) is 0 Å². The molecule has 0 amide bonds. The van der Waals surface area contributed by atoms with Crippen molar-refractivity contribution in [2.24, 2.45) is 0 Å². The van der Waals surface area contributed by atoms with Gasteiger partial charge in [-0.05, 0) is 12.8 Å². The summed E-state index contributed by atoms with van der Waals surface area (Å²) in [4.78, 5) is 17.0. The van der Waals surface area contributed by atoms with Crippen LogP contribution in [0.1, 0.15) is 25.7 Å². The first-order valence-electron chi connectivity index (χ1n) is 7.05. The number of likely N-dealkylation sites (N-methyl/N-ethyl adjacent to an activating group) is 1. The van der Waals surface area contributed by atoms with Crippen molar-refractivity contribution in [3.63, 3.8) is 0 Å². The van der Waals surface area contributed by atoms with E-state index in [2.05, 4.69) is 20.3 Å². The number of aromatic nitrogens is 3. The Morgan fingerprint density at radius 3 is 2.30 bits per heavy atom. The summed E-state index contributed by atoms with van der Waals surface area (Å²) in [6, 6.07) is 0.0749. The zero-order valence-corrected chi connectivity index (χ0v) is 12.7. The largest absolute Gasteiger partial charge is 0.391 e. The first-order chi connectivity index (χ1) is 9.52. The van der Waals surface area contributed by atoms with Gasteiger partial charge < -0.3 is 20.2 Å². The van der Waals surface area contributed by atoms with Crippen molar-refractivity contribution in [3.8, 4) is 0 Å². The lowest BCUT2D eigenvalue weighted by atomic mass is 9.92. The summed E-state index contributed by atoms with van der Waals surface area (Å²) in [6.07, 6.45) is 3.73. The highest BCUT2D eigenvalue weighted by Crippen LogP contribution is 2.25. The van der Waals surface area contributed by atoms with E-state index in [4.69, 9.17) is 0 Å². The number of hydrogen-bond donors (Lipinski definition) is 2. The molecule has 7 nitrogen and oxygen atoms in total. The van der Waals surface area contributed by atoms with Crippen molar-refractivity contribution in [1.29, 1.82) is 0 Å². The number of anilines is 3. The van der Waals surface area contributed by atoms with Crippen LogP contribution in [0.2, 0.25) is 0 Å². The van der Waals surface area contributed by atoms with E-state index in [0.717, 1.165) is 25.7 Å². The van der Waals surface area contributed by atoms with Crippen molar-refractivity contribution in [2.45, 2.75) is 37.8 Å². The highest BCUT2D eigenvalue weighted by Gasteiger charge is 2.28. The van der Waals surface area contributed by atoms with Gasteiger partial charge in [0.25, 0.3) is 0 Å². The number of aliphatic hydroxyl groups is 1. The summed E-state index contributed by atoms with van der Waals surface area (Å²) >= 11 is 0. The standard InChI is InChI=1S/C13H24N6O/c1-14-11-15-12(18(2)3)17-13(16-11)19(4)9-7-5-6-8-10(9)20/h9-10,20H,5-8H2,1-4H3,(H,14,15,16,17). The maximum Gasteiger partial charge on any atom is 0.232 e. The Bertz CT molecular complexity index is 452. The number of aliphatic hydroxyl groups excluding tert-OH is 1. The fraction of sp³-hybridized carbons (Fsp3) is 0.769. The molecule has 0 saturated heterocycles. The Kier molecular flexibility index (Phi) is 4.59. The van der Waals surface area contributed by atoms with Gasteiger partial charge in [-0.25, -0.2) is 0 Å². The molecular formula is C13H24N6O. The first-order valence-corrected chi connectivity index (χ1v) is 7.05. The van der Waals surface area contributed by atoms with Crippen LogP contribution >= 0.6 is 0 Å². The van der Waals surface area contributed by atoms with Crippen molar-refractivity contribution in [2.75, 3.05) is 43.3 Å². The van der Waals surface area contributed by atoms with E-state index >= 15 is 0 Å². The fourth-order valence-electron chi connectivity index (χ4n) is 2.52. The molecule has 0 aromatic carbocycles. The van der Waals surface area contributed by atoms with Crippen LogP contribution in [-0.2, 0) is 0 Å². The lowest BCUT2D eigenvalue weighted by Crippen LogP contribution is -2.44. The van der Waals surface area contributed by atoms with E-state index in [1.54, 1.807) is 7.05 Å². The van der Waals surface area contributed by atoms with Gasteiger partial charge in [-0.2, -0.15) is 15.0 Å². The molecule has 1 saturated carbocycles. The van der Waals surface area contributed by atoms with Crippen LogP contribution in [0.4, 0.5) is 17.8 Å². The molecule has 0 bridgehead atoms. The third-order valence-corrected chi connectivity index (χ3v) is 3.74. The number of nitrogens with one attached hydrogen (secondary N) is 1. The first kappa shape index (κ1) is 14.8. The molecule has 0 spiro atoms. The van der Waals surface area contributed by atoms with Crippen LogP contribution in [0.3, 0.4) is 0 Å². The lowest BCUT2D eigenvalue weighted by Gasteiger charge is -2.35. The third kappa shape index (κ3) is 3.09. The quantitative estimate of drug-likeness (QED) is 0.841. The Labute approximate surface area is 120 Å². The Hall–Kier alpha value is -1.63. The van der Waals surface area contributed by atoms with Crippen LogP contribution in [0.5, 0.6) is 0 Å². The maximum atomic E-state index is 10.2. The molecule has 1 heterocycles. The van der Waals surface area contributed by atoms with Gasteiger partial charge in [-0.3, -0.25) is 0 Å². The number of hydrogen-bond acceptors (Lipinski definition) is 7. The predicted molar refractivity (Wildman–Crippen MR) is 80.4 cm³/mol. The van der Waals surface area contributed by atoms with Crippen molar-refractivity contribution in [1.82, 2.24) is 15.0 Å². The van der Waals surface area contributed by atoms with Crippen molar-refractivity contribution < 1.29 is 5.11 Å². The second-order valence-electron chi connectivity index (χ2n) is 5.43. The zero-order chi connectivity index (χ0) is 14.7. The molecule has 1 fully saturated rings. The van der Waals surface area contributed by atoms with E-state index in [1.165, 1.54) is 0 Å². The fourth-order valence-corrected chi connectivity index (χ4v) is 2.52. The van der Waals surface area contributed by atoms with Gasteiger partial charge in [0.05, 0.1) is 12.1 Å². The van der Waals surface area contributed by atoms with Crippen molar-refractivity contribution >= 4 is 17.8 Å². The van der Waals surface area contributed by atoms with E-state index in [0.29, 0.717) is 17.8 Å². The molecule has 1 aliphatic carbocycles. The molecule has 0 radical (unpaired) electrons. The number of nitrogens with zero attached hydrogens (tertiary/aromatic N) is 5. The molecule has 1 aliphatic rings.